The van der Waals surface area contributed by atoms with E-state index in [1.807, 2.05) is 11.8 Å². The fourth-order valence-corrected chi connectivity index (χ4v) is 4.58. The highest BCUT2D eigenvalue weighted by molar-refractivity contribution is 5.87. The average Bonchev–Trinajstić information content (AvgIpc) is 2.70. The van der Waals surface area contributed by atoms with Gasteiger partial charge in [-0.2, -0.15) is 0 Å². The van der Waals surface area contributed by atoms with Crippen LogP contribution in [0.15, 0.2) is 0 Å². The molecule has 0 aromatic heterocycles. The molecule has 1 heterocycles. The van der Waals surface area contributed by atoms with Gasteiger partial charge in [0.15, 0.2) is 0 Å². The maximum absolute atomic E-state index is 13.2. The van der Waals surface area contributed by atoms with Crippen molar-refractivity contribution in [2.75, 3.05) is 33.4 Å². The highest BCUT2D eigenvalue weighted by atomic mass is 16.5. The van der Waals surface area contributed by atoms with Crippen molar-refractivity contribution in [3.8, 4) is 0 Å². The summed E-state index contributed by atoms with van der Waals surface area (Å²) in [5.74, 6) is 0.454. The second-order valence-electron chi connectivity index (χ2n) is 8.88. The summed E-state index contributed by atoms with van der Waals surface area (Å²) < 4.78 is 11.3. The molecular formula is C22H39N3O5. The number of carbonyl (C=O) groups is 3. The van der Waals surface area contributed by atoms with E-state index in [2.05, 4.69) is 10.6 Å². The number of hydrogen-bond donors (Lipinski definition) is 2. The first-order valence-electron chi connectivity index (χ1n) is 11.2. The van der Waals surface area contributed by atoms with Crippen LogP contribution in [0.4, 0.5) is 0 Å². The monoisotopic (exact) mass is 425 g/mol. The van der Waals surface area contributed by atoms with Gasteiger partial charge in [-0.25, -0.2) is 0 Å². The van der Waals surface area contributed by atoms with E-state index in [1.165, 1.54) is 6.92 Å². The molecule has 0 spiro atoms. The summed E-state index contributed by atoms with van der Waals surface area (Å²) in [6, 6.07) is -0.427. The zero-order chi connectivity index (χ0) is 22.1. The number of amides is 3. The molecule has 8 nitrogen and oxygen atoms in total. The van der Waals surface area contributed by atoms with Gasteiger partial charge >= 0.3 is 0 Å². The number of carbonyl (C=O) groups excluding carboxylic acids is 3. The van der Waals surface area contributed by atoms with Crippen LogP contribution < -0.4 is 10.6 Å². The minimum absolute atomic E-state index is 0.0189. The van der Waals surface area contributed by atoms with Crippen LogP contribution in [0, 0.1) is 11.8 Å². The lowest BCUT2D eigenvalue weighted by atomic mass is 9.86. The van der Waals surface area contributed by atoms with Gasteiger partial charge in [-0.3, -0.25) is 14.4 Å². The summed E-state index contributed by atoms with van der Waals surface area (Å²) in [6.07, 6.45) is 5.46. The quantitative estimate of drug-likeness (QED) is 0.583. The first kappa shape index (κ1) is 24.6. The Kier molecular flexibility index (Phi) is 10.0. The molecular weight excluding hydrogens is 386 g/mol. The van der Waals surface area contributed by atoms with Crippen molar-refractivity contribution in [1.29, 1.82) is 0 Å². The third kappa shape index (κ3) is 7.87. The Balaban J connectivity index is 1.87. The number of rotatable bonds is 9. The van der Waals surface area contributed by atoms with Crippen molar-refractivity contribution >= 4 is 17.7 Å². The van der Waals surface area contributed by atoms with Gasteiger partial charge in [-0.05, 0) is 57.3 Å². The third-order valence-electron chi connectivity index (χ3n) is 6.18. The number of nitrogens with one attached hydrogen (secondary N) is 2. The second-order valence-corrected chi connectivity index (χ2v) is 8.88. The molecule has 2 fully saturated rings. The summed E-state index contributed by atoms with van der Waals surface area (Å²) in [6.45, 7) is 7.40. The lowest BCUT2D eigenvalue weighted by molar-refractivity contribution is -0.142. The van der Waals surface area contributed by atoms with Crippen molar-refractivity contribution < 1.29 is 23.9 Å². The molecule has 3 unspecified atom stereocenters. The molecule has 1 saturated carbocycles. The topological polar surface area (TPSA) is 97.0 Å². The Labute approximate surface area is 180 Å². The zero-order valence-electron chi connectivity index (χ0n) is 18.9. The lowest BCUT2D eigenvalue weighted by Crippen LogP contribution is -2.56. The van der Waals surface area contributed by atoms with Crippen LogP contribution in [0.5, 0.6) is 0 Å². The van der Waals surface area contributed by atoms with E-state index in [0.29, 0.717) is 38.1 Å². The minimum Gasteiger partial charge on any atom is -0.384 e. The Hall–Kier alpha value is -1.67. The molecule has 3 atom stereocenters. The smallest absolute Gasteiger partial charge is 0.247 e. The molecule has 30 heavy (non-hydrogen) atoms. The highest BCUT2D eigenvalue weighted by Gasteiger charge is 2.34. The predicted octanol–water partition coefficient (Wildman–Crippen LogP) is 1.48. The molecule has 0 radical (unpaired) electrons. The van der Waals surface area contributed by atoms with Crippen molar-refractivity contribution in [1.82, 2.24) is 15.5 Å². The van der Waals surface area contributed by atoms with Crippen LogP contribution in [-0.4, -0.2) is 74.2 Å². The highest BCUT2D eigenvalue weighted by Crippen LogP contribution is 2.25. The molecule has 2 rings (SSSR count). The van der Waals surface area contributed by atoms with Gasteiger partial charge in [0.05, 0.1) is 12.7 Å². The molecule has 2 N–H and O–H groups in total. The van der Waals surface area contributed by atoms with Gasteiger partial charge < -0.3 is 25.0 Å². The fourth-order valence-electron chi connectivity index (χ4n) is 4.58. The van der Waals surface area contributed by atoms with Crippen LogP contribution in [0.2, 0.25) is 0 Å². The molecule has 1 aliphatic heterocycles. The van der Waals surface area contributed by atoms with Crippen LogP contribution in [0.1, 0.15) is 59.3 Å². The van der Waals surface area contributed by atoms with E-state index in [1.54, 1.807) is 14.0 Å². The van der Waals surface area contributed by atoms with Crippen LogP contribution in [-0.2, 0) is 23.9 Å². The van der Waals surface area contributed by atoms with Gasteiger partial charge in [0, 0.05) is 46.7 Å². The number of ether oxygens (including phenoxy) is 2. The third-order valence-corrected chi connectivity index (χ3v) is 6.18. The van der Waals surface area contributed by atoms with E-state index in [4.69, 9.17) is 9.47 Å². The molecule has 0 aromatic carbocycles. The number of nitrogens with zero attached hydrogens (tertiary/aromatic N) is 1. The standard InChI is InChI=1S/C22H39N3O5/c1-15(30-14-18-7-9-20(10-8-18)23-16(2)26)21(24-17(3)27)22(28)25-11-5-6-19(12-25)13-29-4/h15,18-21H,5-14H2,1-4H3,(H,23,26)(H,24,27). The average molecular weight is 426 g/mol. The molecule has 172 valence electrons. The van der Waals surface area contributed by atoms with E-state index in [9.17, 15) is 14.4 Å². The Morgan fingerprint density at radius 1 is 1.00 bits per heavy atom. The molecule has 1 saturated heterocycles. The van der Waals surface area contributed by atoms with Crippen molar-refractivity contribution in [3.63, 3.8) is 0 Å². The van der Waals surface area contributed by atoms with Gasteiger partial charge in [0.25, 0.3) is 0 Å². The normalized spacial score (nSPS) is 26.5. The number of methoxy groups -OCH3 is 1. The first-order chi connectivity index (χ1) is 14.3. The van der Waals surface area contributed by atoms with Gasteiger partial charge in [0.1, 0.15) is 6.04 Å². The number of hydrogen-bond acceptors (Lipinski definition) is 5. The Morgan fingerprint density at radius 2 is 1.70 bits per heavy atom. The first-order valence-corrected chi connectivity index (χ1v) is 11.2. The summed E-state index contributed by atoms with van der Waals surface area (Å²) in [5, 5.41) is 5.79. The molecule has 0 bridgehead atoms. The summed E-state index contributed by atoms with van der Waals surface area (Å²) in [4.78, 5) is 38.0. The number of piperidine rings is 1. The lowest BCUT2D eigenvalue weighted by Gasteiger charge is -2.36. The SMILES string of the molecule is COCC1CCCN(C(=O)C(NC(C)=O)C(C)OCC2CCC(NC(C)=O)CC2)C1. The molecule has 8 heteroatoms. The van der Waals surface area contributed by atoms with E-state index in [-0.39, 0.29) is 23.8 Å². The zero-order valence-corrected chi connectivity index (χ0v) is 18.9. The molecule has 3 amide bonds. The van der Waals surface area contributed by atoms with Crippen LogP contribution in [0.25, 0.3) is 0 Å². The fraction of sp³-hybridized carbons (Fsp3) is 0.864. The van der Waals surface area contributed by atoms with Gasteiger partial charge in [-0.1, -0.05) is 0 Å². The van der Waals surface area contributed by atoms with Crippen molar-refractivity contribution in [2.24, 2.45) is 11.8 Å². The molecule has 1 aliphatic carbocycles. The Bertz CT molecular complexity index is 575. The van der Waals surface area contributed by atoms with E-state index in [0.717, 1.165) is 38.5 Å². The largest absolute Gasteiger partial charge is 0.384 e. The summed E-state index contributed by atoms with van der Waals surface area (Å²) in [5.41, 5.74) is 0. The molecule has 2 aliphatic rings. The van der Waals surface area contributed by atoms with E-state index >= 15 is 0 Å². The van der Waals surface area contributed by atoms with Crippen molar-refractivity contribution in [3.05, 3.63) is 0 Å². The Morgan fingerprint density at radius 3 is 2.30 bits per heavy atom. The number of likely N-dealkylation sites (tertiary alicyclic amines) is 1. The van der Waals surface area contributed by atoms with Gasteiger partial charge in [-0.15, -0.1) is 0 Å². The predicted molar refractivity (Wildman–Crippen MR) is 114 cm³/mol. The van der Waals surface area contributed by atoms with Gasteiger partial charge in [0.2, 0.25) is 17.7 Å². The second kappa shape index (κ2) is 12.2. The van der Waals surface area contributed by atoms with Crippen LogP contribution in [0.3, 0.4) is 0 Å². The minimum atomic E-state index is -0.681. The van der Waals surface area contributed by atoms with E-state index < -0.39 is 12.1 Å². The maximum Gasteiger partial charge on any atom is 0.247 e. The summed E-state index contributed by atoms with van der Waals surface area (Å²) >= 11 is 0. The maximum atomic E-state index is 13.2. The summed E-state index contributed by atoms with van der Waals surface area (Å²) in [7, 11) is 1.68. The van der Waals surface area contributed by atoms with Crippen LogP contribution >= 0.6 is 0 Å². The molecule has 0 aromatic rings. The van der Waals surface area contributed by atoms with Crippen molar-refractivity contribution in [2.45, 2.75) is 77.5 Å².